The average Bonchev–Trinajstić information content (AvgIpc) is 2.74. The van der Waals surface area contributed by atoms with E-state index >= 15 is 0 Å². The zero-order valence-corrected chi connectivity index (χ0v) is 17.0. The van der Waals surface area contributed by atoms with Crippen LogP contribution in [0.15, 0.2) is 48.5 Å². The quantitative estimate of drug-likeness (QED) is 0.704. The van der Waals surface area contributed by atoms with E-state index < -0.39 is 0 Å². The van der Waals surface area contributed by atoms with Gasteiger partial charge in [0.05, 0.1) is 6.61 Å². The summed E-state index contributed by atoms with van der Waals surface area (Å²) in [6.07, 6.45) is 5.25. The van der Waals surface area contributed by atoms with E-state index in [2.05, 4.69) is 34.5 Å². The number of nitrogens with zero attached hydrogens (tertiary/aromatic N) is 1. The molecule has 0 aromatic heterocycles. The number of carbonyl (C=O) groups excluding carboxylic acids is 1. The van der Waals surface area contributed by atoms with Crippen LogP contribution in [0, 0.1) is 0 Å². The van der Waals surface area contributed by atoms with Crippen LogP contribution in [0.5, 0.6) is 5.75 Å². The summed E-state index contributed by atoms with van der Waals surface area (Å²) in [5.41, 5.74) is 3.66. The number of carbonyl (C=O) groups is 1. The minimum absolute atomic E-state index is 0.0891. The first-order valence-electron chi connectivity index (χ1n) is 10.5. The molecule has 0 atom stereocenters. The van der Waals surface area contributed by atoms with E-state index in [1.807, 2.05) is 31.2 Å². The maximum Gasteiger partial charge on any atom is 0.220 e. The third kappa shape index (κ3) is 6.68. The Bertz CT molecular complexity index is 719. The molecule has 0 saturated carbocycles. The highest BCUT2D eigenvalue weighted by Gasteiger charge is 2.10. The summed E-state index contributed by atoms with van der Waals surface area (Å²) in [7, 11) is 0. The number of piperidine rings is 1. The Labute approximate surface area is 168 Å². The zero-order valence-electron chi connectivity index (χ0n) is 17.0. The summed E-state index contributed by atoms with van der Waals surface area (Å²) >= 11 is 0. The van der Waals surface area contributed by atoms with Crippen LogP contribution in [0.3, 0.4) is 0 Å². The second-order valence-corrected chi connectivity index (χ2v) is 7.51. The van der Waals surface area contributed by atoms with E-state index in [1.54, 1.807) is 0 Å². The second-order valence-electron chi connectivity index (χ2n) is 7.51. The van der Waals surface area contributed by atoms with Crippen LogP contribution in [0.25, 0.3) is 0 Å². The SMILES string of the molecule is CCOc1ccc(CCC(=O)NCc2ccc(CN3CCCCC3)cc2)cc1. The number of hydrogen-bond donors (Lipinski definition) is 1. The van der Waals surface area contributed by atoms with Crippen LogP contribution >= 0.6 is 0 Å². The average molecular weight is 381 g/mol. The minimum atomic E-state index is 0.0891. The van der Waals surface area contributed by atoms with E-state index in [1.165, 1.54) is 37.9 Å². The van der Waals surface area contributed by atoms with Gasteiger partial charge in [0.25, 0.3) is 0 Å². The van der Waals surface area contributed by atoms with Gasteiger partial charge in [0, 0.05) is 19.5 Å². The van der Waals surface area contributed by atoms with Gasteiger partial charge in [0.1, 0.15) is 5.75 Å². The largest absolute Gasteiger partial charge is 0.494 e. The van der Waals surface area contributed by atoms with Crippen LogP contribution < -0.4 is 10.1 Å². The molecule has 1 fully saturated rings. The van der Waals surface area contributed by atoms with E-state index in [0.29, 0.717) is 19.6 Å². The fourth-order valence-electron chi connectivity index (χ4n) is 3.60. The highest BCUT2D eigenvalue weighted by Crippen LogP contribution is 2.15. The maximum atomic E-state index is 12.1. The van der Waals surface area contributed by atoms with Crippen molar-refractivity contribution in [1.29, 1.82) is 0 Å². The molecule has 2 aromatic rings. The van der Waals surface area contributed by atoms with Gasteiger partial charge < -0.3 is 10.1 Å². The molecule has 0 bridgehead atoms. The van der Waals surface area contributed by atoms with Crippen molar-refractivity contribution in [2.45, 2.75) is 52.1 Å². The summed E-state index contributed by atoms with van der Waals surface area (Å²) in [5, 5.41) is 3.03. The number of aryl methyl sites for hydroxylation is 1. The molecule has 1 heterocycles. The van der Waals surface area contributed by atoms with Crippen LogP contribution in [-0.2, 0) is 24.3 Å². The highest BCUT2D eigenvalue weighted by molar-refractivity contribution is 5.76. The zero-order chi connectivity index (χ0) is 19.6. The Morgan fingerprint density at radius 2 is 1.57 bits per heavy atom. The Kier molecular flexibility index (Phi) is 7.92. The molecule has 1 saturated heterocycles. The summed E-state index contributed by atoms with van der Waals surface area (Å²) in [5.74, 6) is 0.964. The number of benzene rings is 2. The van der Waals surface area contributed by atoms with Gasteiger partial charge in [0.15, 0.2) is 0 Å². The van der Waals surface area contributed by atoms with Crippen LogP contribution in [0.1, 0.15) is 49.3 Å². The first-order chi connectivity index (χ1) is 13.7. The molecule has 2 aromatic carbocycles. The van der Waals surface area contributed by atoms with Gasteiger partial charge in [-0.2, -0.15) is 0 Å². The maximum absolute atomic E-state index is 12.1. The van der Waals surface area contributed by atoms with Gasteiger partial charge in [0.2, 0.25) is 5.91 Å². The molecule has 1 aliphatic rings. The van der Waals surface area contributed by atoms with Gasteiger partial charge in [-0.25, -0.2) is 0 Å². The monoisotopic (exact) mass is 380 g/mol. The third-order valence-corrected chi connectivity index (χ3v) is 5.24. The Balaban J connectivity index is 1.37. The van der Waals surface area contributed by atoms with Crippen molar-refractivity contribution in [3.63, 3.8) is 0 Å². The van der Waals surface area contributed by atoms with Crippen LogP contribution in [-0.4, -0.2) is 30.5 Å². The van der Waals surface area contributed by atoms with Crippen molar-refractivity contribution in [2.75, 3.05) is 19.7 Å². The smallest absolute Gasteiger partial charge is 0.220 e. The van der Waals surface area contributed by atoms with Crippen molar-refractivity contribution >= 4 is 5.91 Å². The van der Waals surface area contributed by atoms with Gasteiger partial charge in [-0.3, -0.25) is 9.69 Å². The predicted octanol–water partition coefficient (Wildman–Crippen LogP) is 4.32. The predicted molar refractivity (Wildman–Crippen MR) is 113 cm³/mol. The molecule has 1 N–H and O–H groups in total. The standard InChI is InChI=1S/C24H32N2O2/c1-2-28-23-13-10-20(11-14-23)12-15-24(27)25-18-21-6-8-22(9-7-21)19-26-16-4-3-5-17-26/h6-11,13-14H,2-5,12,15-19H2,1H3,(H,25,27). The van der Waals surface area contributed by atoms with Crippen molar-refractivity contribution < 1.29 is 9.53 Å². The molecule has 1 amide bonds. The van der Waals surface area contributed by atoms with Gasteiger partial charge in [-0.05, 0) is 68.1 Å². The summed E-state index contributed by atoms with van der Waals surface area (Å²) in [6, 6.07) is 16.6. The van der Waals surface area contributed by atoms with Gasteiger partial charge in [-0.15, -0.1) is 0 Å². The molecule has 1 aliphatic heterocycles. The molecular weight excluding hydrogens is 348 g/mol. The lowest BCUT2D eigenvalue weighted by atomic mass is 10.1. The molecule has 150 valence electrons. The number of ether oxygens (including phenoxy) is 1. The molecule has 4 heteroatoms. The molecule has 4 nitrogen and oxygen atoms in total. The fourth-order valence-corrected chi connectivity index (χ4v) is 3.60. The second kappa shape index (κ2) is 10.9. The fraction of sp³-hybridized carbons (Fsp3) is 0.458. The Morgan fingerprint density at radius 3 is 2.25 bits per heavy atom. The number of amides is 1. The van der Waals surface area contributed by atoms with Crippen molar-refractivity contribution in [3.8, 4) is 5.75 Å². The Hall–Kier alpha value is -2.33. The molecule has 0 spiro atoms. The minimum Gasteiger partial charge on any atom is -0.494 e. The summed E-state index contributed by atoms with van der Waals surface area (Å²) in [4.78, 5) is 14.7. The van der Waals surface area contributed by atoms with Gasteiger partial charge >= 0.3 is 0 Å². The highest BCUT2D eigenvalue weighted by atomic mass is 16.5. The van der Waals surface area contributed by atoms with Crippen LogP contribution in [0.4, 0.5) is 0 Å². The molecule has 0 unspecified atom stereocenters. The number of likely N-dealkylation sites (tertiary alicyclic amines) is 1. The number of hydrogen-bond acceptors (Lipinski definition) is 3. The van der Waals surface area contributed by atoms with Crippen molar-refractivity contribution in [2.24, 2.45) is 0 Å². The molecule has 0 aliphatic carbocycles. The normalized spacial score (nSPS) is 14.6. The van der Waals surface area contributed by atoms with E-state index in [9.17, 15) is 4.79 Å². The summed E-state index contributed by atoms with van der Waals surface area (Å²) in [6.45, 7) is 6.70. The summed E-state index contributed by atoms with van der Waals surface area (Å²) < 4.78 is 5.44. The lowest BCUT2D eigenvalue weighted by molar-refractivity contribution is -0.121. The van der Waals surface area contributed by atoms with Crippen molar-refractivity contribution in [1.82, 2.24) is 10.2 Å². The topological polar surface area (TPSA) is 41.6 Å². The first-order valence-corrected chi connectivity index (χ1v) is 10.5. The van der Waals surface area contributed by atoms with E-state index in [-0.39, 0.29) is 5.91 Å². The van der Waals surface area contributed by atoms with E-state index in [4.69, 9.17) is 4.74 Å². The molecule has 0 radical (unpaired) electrons. The lowest BCUT2D eigenvalue weighted by Gasteiger charge is -2.26. The van der Waals surface area contributed by atoms with Gasteiger partial charge in [-0.1, -0.05) is 42.8 Å². The molecular formula is C24H32N2O2. The van der Waals surface area contributed by atoms with Crippen molar-refractivity contribution in [3.05, 3.63) is 65.2 Å². The molecule has 3 rings (SSSR count). The number of nitrogens with one attached hydrogen (secondary N) is 1. The Morgan fingerprint density at radius 1 is 0.929 bits per heavy atom. The lowest BCUT2D eigenvalue weighted by Crippen LogP contribution is -2.29. The molecule has 28 heavy (non-hydrogen) atoms. The third-order valence-electron chi connectivity index (χ3n) is 5.24. The first kappa shape index (κ1) is 20.4. The van der Waals surface area contributed by atoms with E-state index in [0.717, 1.165) is 29.8 Å². The van der Waals surface area contributed by atoms with Crippen LogP contribution in [0.2, 0.25) is 0 Å². The number of rotatable bonds is 9.